The predicted octanol–water partition coefficient (Wildman–Crippen LogP) is 9.61. The maximum absolute atomic E-state index is 13.5. The fraction of sp³-hybridized carbons (Fsp3) is 0.600. The Morgan fingerprint density at radius 3 is 2.06 bits per heavy atom. The Morgan fingerprint density at radius 1 is 0.727 bits per heavy atom. The molecule has 33 heavy (non-hydrogen) atoms. The number of hydrogen-bond acceptors (Lipinski definition) is 0. The van der Waals surface area contributed by atoms with Crippen molar-refractivity contribution >= 4 is 8.80 Å². The van der Waals surface area contributed by atoms with E-state index in [0.717, 1.165) is 34.9 Å². The predicted molar refractivity (Wildman–Crippen MR) is 138 cm³/mol. The van der Waals surface area contributed by atoms with Crippen molar-refractivity contribution in [2.24, 2.45) is 11.8 Å². The second-order valence-electron chi connectivity index (χ2n) is 10.7. The van der Waals surface area contributed by atoms with Crippen LogP contribution in [0.1, 0.15) is 83.1 Å². The highest BCUT2D eigenvalue weighted by Crippen LogP contribution is 2.42. The lowest BCUT2D eigenvalue weighted by Gasteiger charge is -2.37. The molecule has 1 saturated carbocycles. The average Bonchev–Trinajstić information content (AvgIpc) is 2.86. The summed E-state index contributed by atoms with van der Waals surface area (Å²) in [4.78, 5) is 0. The van der Waals surface area contributed by atoms with E-state index in [4.69, 9.17) is 0 Å². The topological polar surface area (TPSA) is 0 Å². The lowest BCUT2D eigenvalue weighted by molar-refractivity contribution is 0.323. The lowest BCUT2D eigenvalue weighted by Crippen LogP contribution is -2.29. The molecule has 0 nitrogen and oxygen atoms in total. The molecule has 1 aliphatic heterocycles. The molecule has 4 rings (SSSR count). The molecule has 0 amide bonds. The monoisotopic (exact) mass is 467 g/mol. The molecule has 1 saturated heterocycles. The molecule has 3 heteroatoms. The third-order valence-electron chi connectivity index (χ3n) is 8.44. The number of unbranched alkanes of at least 4 members (excludes halogenated alkanes) is 2. The van der Waals surface area contributed by atoms with E-state index in [-0.39, 0.29) is 8.80 Å². The number of benzene rings is 2. The summed E-state index contributed by atoms with van der Waals surface area (Å²) < 4.78 is 26.7. The highest BCUT2D eigenvalue weighted by atomic mass is 28.3. The van der Waals surface area contributed by atoms with Crippen LogP contribution in [0, 0.1) is 23.5 Å². The van der Waals surface area contributed by atoms with Gasteiger partial charge in [-0.05, 0) is 59.0 Å². The van der Waals surface area contributed by atoms with Crippen molar-refractivity contribution in [1.29, 1.82) is 0 Å². The summed E-state index contributed by atoms with van der Waals surface area (Å²) in [5.41, 5.74) is 4.15. The molecule has 0 N–H and O–H groups in total. The summed E-state index contributed by atoms with van der Waals surface area (Å²) in [6, 6.07) is 15.6. The molecule has 0 unspecified atom stereocenters. The summed E-state index contributed by atoms with van der Waals surface area (Å²) >= 11 is 0. The summed E-state index contributed by atoms with van der Waals surface area (Å²) in [6.45, 7) is 2.31. The molecule has 2 aromatic carbocycles. The van der Waals surface area contributed by atoms with E-state index in [1.807, 2.05) is 12.1 Å². The Bertz CT molecular complexity index is 846. The first-order valence-electron chi connectivity index (χ1n) is 13.5. The normalized spacial score (nSPS) is 22.5. The van der Waals surface area contributed by atoms with Gasteiger partial charge in [0.05, 0.1) is 8.80 Å². The second-order valence-corrected chi connectivity index (χ2v) is 13.8. The largest absolute Gasteiger partial charge is 0.204 e. The van der Waals surface area contributed by atoms with E-state index in [9.17, 15) is 8.78 Å². The molecular formula is C30H41F2Si. The Morgan fingerprint density at radius 2 is 1.39 bits per heavy atom. The maximum Gasteiger partial charge on any atom is 0.159 e. The summed E-state index contributed by atoms with van der Waals surface area (Å²) in [7, 11) is -0.111. The van der Waals surface area contributed by atoms with Gasteiger partial charge in [0.25, 0.3) is 0 Å². The fourth-order valence-corrected chi connectivity index (χ4v) is 9.97. The maximum atomic E-state index is 13.5. The molecule has 2 fully saturated rings. The number of aryl methyl sites for hydroxylation is 1. The first-order valence-corrected chi connectivity index (χ1v) is 15.5. The molecule has 0 spiro atoms. The Labute approximate surface area is 201 Å². The molecular weight excluding hydrogens is 426 g/mol. The van der Waals surface area contributed by atoms with Crippen LogP contribution in [0.25, 0.3) is 11.1 Å². The SMILES string of the molecule is CCCCCC1CCC([Si]2CCC(CCc3ccc(-c4ccc(F)c(F)c4)cc3)CC2)CC1. The van der Waals surface area contributed by atoms with Crippen molar-refractivity contribution in [2.45, 2.75) is 102 Å². The summed E-state index contributed by atoms with van der Waals surface area (Å²) in [5, 5.41) is 0. The third-order valence-corrected chi connectivity index (χ3v) is 12.0. The summed E-state index contributed by atoms with van der Waals surface area (Å²) in [5.74, 6) is 0.368. The van der Waals surface area contributed by atoms with Gasteiger partial charge in [0, 0.05) is 0 Å². The van der Waals surface area contributed by atoms with Gasteiger partial charge < -0.3 is 0 Å². The molecule has 1 aliphatic carbocycles. The van der Waals surface area contributed by atoms with E-state index in [0.29, 0.717) is 0 Å². The quantitative estimate of drug-likeness (QED) is 0.254. The minimum atomic E-state index is -0.789. The van der Waals surface area contributed by atoms with E-state index >= 15 is 0 Å². The van der Waals surface area contributed by atoms with Gasteiger partial charge in [-0.15, -0.1) is 0 Å². The summed E-state index contributed by atoms with van der Waals surface area (Å²) in [6.07, 6.45) is 17.2. The van der Waals surface area contributed by atoms with Crippen molar-refractivity contribution in [3.63, 3.8) is 0 Å². The number of halogens is 2. The van der Waals surface area contributed by atoms with Crippen LogP contribution in [0.4, 0.5) is 8.78 Å². The number of hydrogen-bond donors (Lipinski definition) is 0. The van der Waals surface area contributed by atoms with Crippen molar-refractivity contribution in [2.75, 3.05) is 0 Å². The molecule has 1 heterocycles. The molecule has 2 aliphatic rings. The van der Waals surface area contributed by atoms with Gasteiger partial charge in [-0.2, -0.15) is 0 Å². The minimum Gasteiger partial charge on any atom is -0.204 e. The van der Waals surface area contributed by atoms with Gasteiger partial charge in [-0.3, -0.25) is 0 Å². The van der Waals surface area contributed by atoms with E-state index in [1.165, 1.54) is 75.5 Å². The highest BCUT2D eigenvalue weighted by molar-refractivity contribution is 6.60. The Balaban J connectivity index is 1.17. The van der Waals surface area contributed by atoms with Gasteiger partial charge in [-0.1, -0.05) is 114 Å². The Kier molecular flexibility index (Phi) is 9.17. The van der Waals surface area contributed by atoms with Gasteiger partial charge in [0.1, 0.15) is 0 Å². The van der Waals surface area contributed by atoms with Crippen LogP contribution < -0.4 is 0 Å². The van der Waals surface area contributed by atoms with Gasteiger partial charge in [0.15, 0.2) is 11.6 Å². The van der Waals surface area contributed by atoms with Gasteiger partial charge in [-0.25, -0.2) is 8.78 Å². The first kappa shape index (κ1) is 24.6. The number of rotatable bonds is 9. The smallest absolute Gasteiger partial charge is 0.159 e. The van der Waals surface area contributed by atoms with Crippen LogP contribution in [0.2, 0.25) is 17.6 Å². The fourth-order valence-electron chi connectivity index (χ4n) is 6.20. The molecule has 2 aromatic rings. The molecule has 0 bridgehead atoms. The minimum absolute atomic E-state index is 0.111. The Hall–Kier alpha value is -1.48. The van der Waals surface area contributed by atoms with E-state index < -0.39 is 11.6 Å². The molecule has 0 aromatic heterocycles. The molecule has 179 valence electrons. The van der Waals surface area contributed by atoms with Gasteiger partial charge >= 0.3 is 0 Å². The second kappa shape index (κ2) is 12.3. The van der Waals surface area contributed by atoms with Gasteiger partial charge in [0.2, 0.25) is 0 Å². The molecule has 0 atom stereocenters. The van der Waals surface area contributed by atoms with Crippen molar-refractivity contribution in [1.82, 2.24) is 0 Å². The van der Waals surface area contributed by atoms with Crippen LogP contribution in [0.5, 0.6) is 0 Å². The van der Waals surface area contributed by atoms with Crippen molar-refractivity contribution in [3.05, 3.63) is 59.7 Å². The van der Waals surface area contributed by atoms with Crippen molar-refractivity contribution < 1.29 is 8.78 Å². The van der Waals surface area contributed by atoms with Crippen LogP contribution in [0.15, 0.2) is 42.5 Å². The lowest BCUT2D eigenvalue weighted by atomic mass is 9.85. The zero-order chi connectivity index (χ0) is 23.0. The zero-order valence-corrected chi connectivity index (χ0v) is 21.4. The van der Waals surface area contributed by atoms with Crippen molar-refractivity contribution in [3.8, 4) is 11.1 Å². The zero-order valence-electron chi connectivity index (χ0n) is 20.4. The highest BCUT2D eigenvalue weighted by Gasteiger charge is 2.31. The average molecular weight is 468 g/mol. The standard InChI is InChI=1S/C30H41F2Si/c1-2-3-4-5-23-10-15-28(16-11-23)33-20-18-25(19-21-33)7-6-24-8-12-26(13-9-24)27-14-17-29(31)30(32)22-27/h8-9,12-14,17,22-23,25,28H,2-7,10-11,15-16,18-21H2,1H3. The third kappa shape index (κ3) is 7.01. The van der Waals surface area contributed by atoms with Crippen LogP contribution >= 0.6 is 0 Å². The van der Waals surface area contributed by atoms with Crippen LogP contribution in [0.3, 0.4) is 0 Å². The first-order chi connectivity index (χ1) is 16.1. The van der Waals surface area contributed by atoms with E-state index in [2.05, 4.69) is 19.1 Å². The molecule has 1 radical (unpaired) electrons. The van der Waals surface area contributed by atoms with Crippen LogP contribution in [-0.2, 0) is 6.42 Å². The van der Waals surface area contributed by atoms with Crippen LogP contribution in [-0.4, -0.2) is 8.80 Å². The van der Waals surface area contributed by atoms with E-state index in [1.54, 1.807) is 31.0 Å².